The molecule has 2 N–H and O–H groups in total. The van der Waals surface area contributed by atoms with E-state index in [9.17, 15) is 9.59 Å². The summed E-state index contributed by atoms with van der Waals surface area (Å²) >= 11 is 5.35. The Balaban J connectivity index is 2.84. The zero-order valence-corrected chi connectivity index (χ0v) is 11.0. The fourth-order valence-electron chi connectivity index (χ4n) is 1.32. The van der Waals surface area contributed by atoms with Crippen molar-refractivity contribution in [3.8, 4) is 0 Å². The molecule has 5 heteroatoms. The molecule has 0 bridgehead atoms. The molecule has 94 valence electrons. The summed E-state index contributed by atoms with van der Waals surface area (Å²) in [5, 5.41) is 2.56. The highest BCUT2D eigenvalue weighted by Crippen LogP contribution is 2.18. The van der Waals surface area contributed by atoms with Gasteiger partial charge >= 0.3 is 0 Å². The second kappa shape index (κ2) is 5.36. The maximum Gasteiger partial charge on any atom is 0.253 e. The second-order valence-corrected chi connectivity index (χ2v) is 5.15. The van der Waals surface area contributed by atoms with Crippen molar-refractivity contribution < 1.29 is 4.79 Å². The Kier molecular flexibility index (Phi) is 4.34. The zero-order chi connectivity index (χ0) is 13.1. The first-order valence-electron chi connectivity index (χ1n) is 5.40. The van der Waals surface area contributed by atoms with Crippen LogP contribution in [0, 0.1) is 0 Å². The quantitative estimate of drug-likeness (QED) is 0.806. The molecule has 1 aromatic rings. The summed E-state index contributed by atoms with van der Waals surface area (Å²) in [6.07, 6.45) is 0. The van der Waals surface area contributed by atoms with E-state index in [0.29, 0.717) is 5.56 Å². The first-order valence-corrected chi connectivity index (χ1v) is 5.93. The largest absolute Gasteiger partial charge is 0.351 e. The minimum absolute atomic E-state index is 0.0992. The highest BCUT2D eigenvalue weighted by atomic mass is 35.5. The number of aromatic amines is 1. The Morgan fingerprint density at radius 2 is 2.06 bits per heavy atom. The third-order valence-corrected chi connectivity index (χ3v) is 2.64. The maximum atomic E-state index is 11.7. The standard InChI is InChI=1S/C12H17ClN2O2/c1-12(2,3)9-5-4-8(11(17)15-9)7-14-10(16)6-13/h4-5H,6-7H2,1-3H3,(H,14,16)(H,15,17). The van der Waals surface area contributed by atoms with Crippen molar-refractivity contribution in [3.05, 3.63) is 33.7 Å². The minimum Gasteiger partial charge on any atom is -0.351 e. The van der Waals surface area contributed by atoms with Gasteiger partial charge in [-0.25, -0.2) is 0 Å². The Morgan fingerprint density at radius 1 is 1.41 bits per heavy atom. The van der Waals surface area contributed by atoms with Crippen molar-refractivity contribution in [2.45, 2.75) is 32.7 Å². The first kappa shape index (κ1) is 13.8. The van der Waals surface area contributed by atoms with Crippen molar-refractivity contribution in [3.63, 3.8) is 0 Å². The number of nitrogens with one attached hydrogen (secondary N) is 2. The lowest BCUT2D eigenvalue weighted by atomic mass is 9.91. The molecule has 4 nitrogen and oxygen atoms in total. The molecule has 1 heterocycles. The molecule has 1 aromatic heterocycles. The molecule has 0 aliphatic heterocycles. The summed E-state index contributed by atoms with van der Waals surface area (Å²) in [4.78, 5) is 25.5. The number of hydrogen-bond donors (Lipinski definition) is 2. The average Bonchev–Trinajstić information content (AvgIpc) is 2.25. The van der Waals surface area contributed by atoms with Crippen LogP contribution in [0.15, 0.2) is 16.9 Å². The van der Waals surface area contributed by atoms with E-state index in [4.69, 9.17) is 11.6 Å². The van der Waals surface area contributed by atoms with Gasteiger partial charge in [-0.2, -0.15) is 0 Å². The van der Waals surface area contributed by atoms with Gasteiger partial charge in [-0.3, -0.25) is 9.59 Å². The summed E-state index contributed by atoms with van der Waals surface area (Å²) in [5.74, 6) is -0.385. The van der Waals surface area contributed by atoms with E-state index in [1.807, 2.05) is 26.8 Å². The average molecular weight is 257 g/mol. The van der Waals surface area contributed by atoms with E-state index in [0.717, 1.165) is 5.69 Å². The number of H-pyrrole nitrogens is 1. The van der Waals surface area contributed by atoms with Gasteiger partial charge < -0.3 is 10.3 Å². The molecule has 17 heavy (non-hydrogen) atoms. The molecule has 0 aliphatic carbocycles. The molecule has 0 saturated heterocycles. The predicted octanol–water partition coefficient (Wildman–Crippen LogP) is 1.53. The van der Waals surface area contributed by atoms with Crippen molar-refractivity contribution in [2.24, 2.45) is 0 Å². The number of carbonyl (C=O) groups excluding carboxylic acids is 1. The summed E-state index contributed by atoms with van der Waals surface area (Å²) in [5.41, 5.74) is 1.12. The SMILES string of the molecule is CC(C)(C)c1ccc(CNC(=O)CCl)c(=O)[nH]1. The number of alkyl halides is 1. The van der Waals surface area contributed by atoms with Crippen LogP contribution in [-0.2, 0) is 16.8 Å². The van der Waals surface area contributed by atoms with Crippen LogP contribution in [-0.4, -0.2) is 16.8 Å². The normalized spacial score (nSPS) is 11.3. The highest BCUT2D eigenvalue weighted by molar-refractivity contribution is 6.27. The molecule has 0 aromatic carbocycles. The molecular weight excluding hydrogens is 240 g/mol. The molecule has 0 atom stereocenters. The minimum atomic E-state index is -0.286. The van der Waals surface area contributed by atoms with Crippen LogP contribution >= 0.6 is 11.6 Å². The van der Waals surface area contributed by atoms with Crippen molar-refractivity contribution in [1.82, 2.24) is 10.3 Å². The highest BCUT2D eigenvalue weighted by Gasteiger charge is 2.15. The van der Waals surface area contributed by atoms with E-state index in [1.54, 1.807) is 6.07 Å². The predicted molar refractivity (Wildman–Crippen MR) is 68.3 cm³/mol. The molecule has 0 radical (unpaired) electrons. The van der Waals surface area contributed by atoms with E-state index >= 15 is 0 Å². The van der Waals surface area contributed by atoms with Crippen LogP contribution in [0.3, 0.4) is 0 Å². The van der Waals surface area contributed by atoms with Gasteiger partial charge in [-0.05, 0) is 12.1 Å². The van der Waals surface area contributed by atoms with Gasteiger partial charge in [-0.15, -0.1) is 11.6 Å². The van der Waals surface area contributed by atoms with Crippen LogP contribution < -0.4 is 10.9 Å². The summed E-state index contributed by atoms with van der Waals surface area (Å²) < 4.78 is 0. The fraction of sp³-hybridized carbons (Fsp3) is 0.500. The van der Waals surface area contributed by atoms with Crippen molar-refractivity contribution in [1.29, 1.82) is 0 Å². The van der Waals surface area contributed by atoms with Crippen LogP contribution in [0.2, 0.25) is 0 Å². The fourth-order valence-corrected chi connectivity index (χ4v) is 1.42. The van der Waals surface area contributed by atoms with Gasteiger partial charge in [0.2, 0.25) is 5.91 Å². The molecule has 0 saturated carbocycles. The van der Waals surface area contributed by atoms with Gasteiger partial charge in [0, 0.05) is 23.2 Å². The van der Waals surface area contributed by atoms with Gasteiger partial charge in [-0.1, -0.05) is 20.8 Å². The smallest absolute Gasteiger partial charge is 0.253 e. The summed E-state index contributed by atoms with van der Waals surface area (Å²) in [6.45, 7) is 6.26. The molecule has 0 spiro atoms. The summed E-state index contributed by atoms with van der Waals surface area (Å²) in [6, 6.07) is 3.59. The lowest BCUT2D eigenvalue weighted by Gasteiger charge is -2.18. The number of rotatable bonds is 3. The van der Waals surface area contributed by atoms with Crippen LogP contribution in [0.1, 0.15) is 32.0 Å². The van der Waals surface area contributed by atoms with E-state index in [2.05, 4.69) is 10.3 Å². The van der Waals surface area contributed by atoms with Gasteiger partial charge in [0.1, 0.15) is 5.88 Å². The van der Waals surface area contributed by atoms with E-state index in [1.165, 1.54) is 0 Å². The molecule has 1 rings (SSSR count). The summed E-state index contributed by atoms with van der Waals surface area (Å²) in [7, 11) is 0. The third kappa shape index (κ3) is 3.89. The van der Waals surface area contributed by atoms with Gasteiger partial charge in [0.25, 0.3) is 5.56 Å². The molecule has 1 amide bonds. The van der Waals surface area contributed by atoms with E-state index in [-0.39, 0.29) is 29.3 Å². The van der Waals surface area contributed by atoms with Crippen molar-refractivity contribution >= 4 is 17.5 Å². The van der Waals surface area contributed by atoms with E-state index < -0.39 is 0 Å². The van der Waals surface area contributed by atoms with Crippen LogP contribution in [0.5, 0.6) is 0 Å². The van der Waals surface area contributed by atoms with Gasteiger partial charge in [0.15, 0.2) is 0 Å². The Labute approximate surface area is 105 Å². The molecular formula is C12H17ClN2O2. The molecule has 0 unspecified atom stereocenters. The van der Waals surface area contributed by atoms with Crippen molar-refractivity contribution in [2.75, 3.05) is 5.88 Å². The zero-order valence-electron chi connectivity index (χ0n) is 10.3. The first-order chi connectivity index (χ1) is 7.84. The maximum absolute atomic E-state index is 11.7. The number of carbonyl (C=O) groups is 1. The Hall–Kier alpha value is -1.29. The molecule has 0 fully saturated rings. The number of hydrogen-bond acceptors (Lipinski definition) is 2. The lowest BCUT2D eigenvalue weighted by Crippen LogP contribution is -2.28. The lowest BCUT2D eigenvalue weighted by molar-refractivity contribution is -0.118. The second-order valence-electron chi connectivity index (χ2n) is 4.89. The number of amides is 1. The monoisotopic (exact) mass is 256 g/mol. The van der Waals surface area contributed by atoms with Crippen LogP contribution in [0.4, 0.5) is 0 Å². The molecule has 0 aliphatic rings. The van der Waals surface area contributed by atoms with Gasteiger partial charge in [0.05, 0.1) is 0 Å². The Morgan fingerprint density at radius 3 is 2.53 bits per heavy atom. The number of aromatic nitrogens is 1. The number of halogens is 1. The third-order valence-electron chi connectivity index (χ3n) is 2.40. The number of pyridine rings is 1. The Bertz CT molecular complexity index is 460. The van der Waals surface area contributed by atoms with Crippen LogP contribution in [0.25, 0.3) is 0 Å². The topological polar surface area (TPSA) is 62.0 Å².